The largest absolute Gasteiger partial charge is 0.366 e. The van der Waals surface area contributed by atoms with Gasteiger partial charge in [-0.1, -0.05) is 36.5 Å². The number of halogens is 2. The van der Waals surface area contributed by atoms with Crippen LogP contribution in [0.15, 0.2) is 12.1 Å². The highest BCUT2D eigenvalue weighted by Crippen LogP contribution is 2.37. The first kappa shape index (κ1) is 10.1. The summed E-state index contributed by atoms with van der Waals surface area (Å²) in [5.74, 6) is 1.48. The van der Waals surface area contributed by atoms with E-state index in [1.54, 1.807) is 12.1 Å². The summed E-state index contributed by atoms with van der Waals surface area (Å²) in [5.41, 5.74) is 0. The van der Waals surface area contributed by atoms with Gasteiger partial charge in [-0.3, -0.25) is 0 Å². The maximum atomic E-state index is 5.98. The van der Waals surface area contributed by atoms with Gasteiger partial charge in [0, 0.05) is 6.04 Å². The number of hydrogen-bond acceptors (Lipinski definition) is 2. The Hall–Kier alpha value is -0.470. The molecule has 1 aromatic heterocycles. The summed E-state index contributed by atoms with van der Waals surface area (Å²) >= 11 is 11.8. The average molecular weight is 231 g/mol. The van der Waals surface area contributed by atoms with Gasteiger partial charge in [-0.2, -0.15) is 0 Å². The Bertz CT molecular complexity index is 341. The molecule has 1 fully saturated rings. The average Bonchev–Trinajstić information content (AvgIpc) is 2.90. The molecule has 0 radical (unpaired) electrons. The molecular weight excluding hydrogens is 219 g/mol. The Balaban J connectivity index is 2.06. The fourth-order valence-corrected chi connectivity index (χ4v) is 1.88. The standard InChI is InChI=1S/C10H12Cl2N2/c1-2-6-5-8(6)13-10-7(11)3-4-9(12)14-10/h3-4,6,8H,2,5H2,1H3,(H,13,14). The number of nitrogens with one attached hydrogen (secondary N) is 1. The molecule has 2 unspecified atom stereocenters. The van der Waals surface area contributed by atoms with Crippen molar-refractivity contribution in [3.8, 4) is 0 Å². The molecule has 1 heterocycles. The van der Waals surface area contributed by atoms with Crippen molar-refractivity contribution in [2.75, 3.05) is 5.32 Å². The monoisotopic (exact) mass is 230 g/mol. The third-order valence-corrected chi connectivity index (χ3v) is 3.10. The van der Waals surface area contributed by atoms with Gasteiger partial charge in [0.25, 0.3) is 0 Å². The van der Waals surface area contributed by atoms with E-state index in [2.05, 4.69) is 17.2 Å². The zero-order valence-corrected chi connectivity index (χ0v) is 9.44. The molecular formula is C10H12Cl2N2. The minimum absolute atomic E-state index is 0.477. The zero-order chi connectivity index (χ0) is 10.1. The van der Waals surface area contributed by atoms with Crippen LogP contribution < -0.4 is 5.32 Å². The lowest BCUT2D eigenvalue weighted by Crippen LogP contribution is -2.06. The number of nitrogens with zero attached hydrogens (tertiary/aromatic N) is 1. The Kier molecular flexibility index (Phi) is 2.84. The molecule has 1 aromatic rings. The quantitative estimate of drug-likeness (QED) is 0.804. The van der Waals surface area contributed by atoms with E-state index in [0.29, 0.717) is 22.0 Å². The predicted octanol–water partition coefficient (Wildman–Crippen LogP) is 3.60. The van der Waals surface area contributed by atoms with Gasteiger partial charge in [-0.15, -0.1) is 0 Å². The molecule has 0 amide bonds. The van der Waals surface area contributed by atoms with Crippen molar-refractivity contribution in [1.29, 1.82) is 0 Å². The number of anilines is 1. The van der Waals surface area contributed by atoms with Crippen LogP contribution in [0.2, 0.25) is 10.2 Å². The lowest BCUT2D eigenvalue weighted by Gasteiger charge is -2.06. The first-order valence-corrected chi connectivity index (χ1v) is 5.55. The van der Waals surface area contributed by atoms with Crippen LogP contribution in [0.5, 0.6) is 0 Å². The predicted molar refractivity (Wildman–Crippen MR) is 60.1 cm³/mol. The topological polar surface area (TPSA) is 24.9 Å². The summed E-state index contributed by atoms with van der Waals surface area (Å²) in [6.07, 6.45) is 2.41. The first-order chi connectivity index (χ1) is 6.70. The molecule has 0 bridgehead atoms. The van der Waals surface area contributed by atoms with Crippen LogP contribution in [0, 0.1) is 5.92 Å². The third-order valence-electron chi connectivity index (χ3n) is 2.58. The van der Waals surface area contributed by atoms with Gasteiger partial charge in [0.05, 0.1) is 5.02 Å². The van der Waals surface area contributed by atoms with Crippen LogP contribution in [0.25, 0.3) is 0 Å². The Morgan fingerprint density at radius 1 is 1.50 bits per heavy atom. The van der Waals surface area contributed by atoms with Crippen molar-refractivity contribution in [1.82, 2.24) is 4.98 Å². The number of aromatic nitrogens is 1. The molecule has 4 heteroatoms. The highest BCUT2D eigenvalue weighted by Gasteiger charge is 2.35. The summed E-state index contributed by atoms with van der Waals surface area (Å²) in [6.45, 7) is 2.19. The second kappa shape index (κ2) is 3.95. The molecule has 1 saturated carbocycles. The fraction of sp³-hybridized carbons (Fsp3) is 0.500. The summed E-state index contributed by atoms with van der Waals surface area (Å²) in [4.78, 5) is 4.14. The van der Waals surface area contributed by atoms with Crippen molar-refractivity contribution >= 4 is 29.0 Å². The van der Waals surface area contributed by atoms with Crippen LogP contribution in [0.4, 0.5) is 5.82 Å². The minimum atomic E-state index is 0.477. The minimum Gasteiger partial charge on any atom is -0.366 e. The maximum absolute atomic E-state index is 5.98. The number of rotatable bonds is 3. The summed E-state index contributed by atoms with van der Waals surface area (Å²) in [6, 6.07) is 3.99. The smallest absolute Gasteiger partial charge is 0.146 e. The molecule has 1 N–H and O–H groups in total. The van der Waals surface area contributed by atoms with Crippen LogP contribution in [-0.4, -0.2) is 11.0 Å². The Morgan fingerprint density at radius 3 is 2.93 bits per heavy atom. The van der Waals surface area contributed by atoms with Gasteiger partial charge in [0.2, 0.25) is 0 Å². The van der Waals surface area contributed by atoms with E-state index in [-0.39, 0.29) is 0 Å². The van der Waals surface area contributed by atoms with Gasteiger partial charge in [-0.25, -0.2) is 4.98 Å². The Labute approximate surface area is 93.6 Å². The normalized spacial score (nSPS) is 24.8. The van der Waals surface area contributed by atoms with Crippen molar-refractivity contribution in [3.05, 3.63) is 22.3 Å². The first-order valence-electron chi connectivity index (χ1n) is 4.79. The molecule has 0 saturated heterocycles. The second-order valence-electron chi connectivity index (χ2n) is 3.62. The highest BCUT2D eigenvalue weighted by molar-refractivity contribution is 6.34. The van der Waals surface area contributed by atoms with Crippen molar-refractivity contribution in [3.63, 3.8) is 0 Å². The molecule has 0 aromatic carbocycles. The fourth-order valence-electron chi connectivity index (χ4n) is 1.57. The van der Waals surface area contributed by atoms with E-state index in [4.69, 9.17) is 23.2 Å². The van der Waals surface area contributed by atoms with E-state index in [0.717, 1.165) is 5.92 Å². The van der Waals surface area contributed by atoms with Crippen LogP contribution in [0.1, 0.15) is 19.8 Å². The summed E-state index contributed by atoms with van der Waals surface area (Å²) < 4.78 is 0. The Morgan fingerprint density at radius 2 is 2.29 bits per heavy atom. The molecule has 0 spiro atoms. The van der Waals surface area contributed by atoms with E-state index >= 15 is 0 Å². The van der Waals surface area contributed by atoms with E-state index in [9.17, 15) is 0 Å². The molecule has 2 rings (SSSR count). The van der Waals surface area contributed by atoms with Gasteiger partial charge >= 0.3 is 0 Å². The molecule has 76 valence electrons. The van der Waals surface area contributed by atoms with E-state index in [1.165, 1.54) is 12.8 Å². The summed E-state index contributed by atoms with van der Waals surface area (Å²) in [7, 11) is 0. The van der Waals surface area contributed by atoms with Crippen LogP contribution >= 0.6 is 23.2 Å². The SMILES string of the molecule is CCC1CC1Nc1nc(Cl)ccc1Cl. The van der Waals surface area contributed by atoms with Gasteiger partial charge in [0.1, 0.15) is 11.0 Å². The summed E-state index contributed by atoms with van der Waals surface area (Å²) in [5, 5.41) is 4.41. The lowest BCUT2D eigenvalue weighted by atomic mass is 10.3. The maximum Gasteiger partial charge on any atom is 0.146 e. The van der Waals surface area contributed by atoms with Gasteiger partial charge < -0.3 is 5.32 Å². The molecule has 2 atom stereocenters. The van der Waals surface area contributed by atoms with Crippen LogP contribution in [-0.2, 0) is 0 Å². The third kappa shape index (κ3) is 2.12. The highest BCUT2D eigenvalue weighted by atomic mass is 35.5. The molecule has 1 aliphatic carbocycles. The molecule has 14 heavy (non-hydrogen) atoms. The van der Waals surface area contributed by atoms with Crippen molar-refractivity contribution in [2.24, 2.45) is 5.92 Å². The van der Waals surface area contributed by atoms with Crippen molar-refractivity contribution < 1.29 is 0 Å². The van der Waals surface area contributed by atoms with Crippen LogP contribution in [0.3, 0.4) is 0 Å². The van der Waals surface area contributed by atoms with Gasteiger partial charge in [0.15, 0.2) is 0 Å². The van der Waals surface area contributed by atoms with Gasteiger partial charge in [-0.05, 0) is 24.5 Å². The molecule has 0 aliphatic heterocycles. The van der Waals surface area contributed by atoms with E-state index in [1.807, 2.05) is 0 Å². The zero-order valence-electron chi connectivity index (χ0n) is 7.93. The number of pyridine rings is 1. The lowest BCUT2D eigenvalue weighted by molar-refractivity contribution is 0.773. The second-order valence-corrected chi connectivity index (χ2v) is 4.41. The van der Waals surface area contributed by atoms with Crippen molar-refractivity contribution in [2.45, 2.75) is 25.8 Å². The molecule has 2 nitrogen and oxygen atoms in total. The molecule has 1 aliphatic rings. The number of hydrogen-bond donors (Lipinski definition) is 1. The van der Waals surface area contributed by atoms with E-state index < -0.39 is 0 Å².